The monoisotopic (exact) mass is 533 g/mol. The number of hydrogen-bond donors (Lipinski definition) is 2. The van der Waals surface area contributed by atoms with E-state index in [1.54, 1.807) is 31.4 Å². The van der Waals surface area contributed by atoms with Crippen LogP contribution in [0.4, 0.5) is 0 Å². The van der Waals surface area contributed by atoms with Gasteiger partial charge in [-0.3, -0.25) is 14.3 Å². The number of rotatable bonds is 10. The second kappa shape index (κ2) is 12.9. The largest absolute Gasteiger partial charge is 0.497 e. The van der Waals surface area contributed by atoms with Crippen molar-refractivity contribution in [2.24, 2.45) is 11.3 Å². The van der Waals surface area contributed by atoms with Gasteiger partial charge in [0.05, 0.1) is 12.8 Å². The molecule has 2 heterocycles. The van der Waals surface area contributed by atoms with Crippen LogP contribution in [0.2, 0.25) is 0 Å². The van der Waals surface area contributed by atoms with E-state index in [2.05, 4.69) is 15.6 Å². The summed E-state index contributed by atoms with van der Waals surface area (Å²) in [5, 5.41) is 21.2. The summed E-state index contributed by atoms with van der Waals surface area (Å²) in [6.07, 6.45) is 5.49. The molecule has 2 aromatic carbocycles. The number of aliphatic hydroxyl groups is 1. The summed E-state index contributed by atoms with van der Waals surface area (Å²) in [7, 11) is 1.58. The lowest BCUT2D eigenvalue weighted by molar-refractivity contribution is -0.134. The minimum Gasteiger partial charge on any atom is -0.497 e. The maximum atomic E-state index is 13.9. The van der Waals surface area contributed by atoms with Gasteiger partial charge in [0.1, 0.15) is 11.8 Å². The zero-order valence-electron chi connectivity index (χ0n) is 23.0. The molecule has 0 saturated carbocycles. The normalized spacial score (nSPS) is 16.8. The number of aromatic nitrogens is 3. The SMILES string of the molecule is COc1ccc(C(=O)NC(C(=O)N2CCCCC(Cn3cc(CC(C)(C)CO)nn3)C2)c2ccccc2)cc1. The predicted octanol–water partition coefficient (Wildman–Crippen LogP) is 3.65. The van der Waals surface area contributed by atoms with Gasteiger partial charge >= 0.3 is 0 Å². The minimum absolute atomic E-state index is 0.0805. The highest BCUT2D eigenvalue weighted by Gasteiger charge is 2.31. The van der Waals surface area contributed by atoms with Gasteiger partial charge in [0.2, 0.25) is 5.91 Å². The third-order valence-corrected chi connectivity index (χ3v) is 7.21. The van der Waals surface area contributed by atoms with Gasteiger partial charge in [-0.05, 0) is 54.0 Å². The zero-order chi connectivity index (χ0) is 27.8. The number of amides is 2. The molecule has 2 N–H and O–H groups in total. The van der Waals surface area contributed by atoms with Crippen LogP contribution < -0.4 is 10.1 Å². The first-order valence-corrected chi connectivity index (χ1v) is 13.6. The molecule has 2 unspecified atom stereocenters. The molecule has 9 nitrogen and oxygen atoms in total. The van der Waals surface area contributed by atoms with E-state index in [-0.39, 0.29) is 29.8 Å². The molecule has 0 radical (unpaired) electrons. The van der Waals surface area contributed by atoms with Gasteiger partial charge in [-0.15, -0.1) is 5.10 Å². The van der Waals surface area contributed by atoms with Crippen LogP contribution in [0.5, 0.6) is 5.75 Å². The lowest BCUT2D eigenvalue weighted by Crippen LogP contribution is -2.44. The summed E-state index contributed by atoms with van der Waals surface area (Å²) >= 11 is 0. The van der Waals surface area contributed by atoms with E-state index in [1.807, 2.05) is 60.0 Å². The van der Waals surface area contributed by atoms with Gasteiger partial charge in [-0.2, -0.15) is 0 Å². The van der Waals surface area contributed by atoms with Crippen molar-refractivity contribution < 1.29 is 19.4 Å². The molecule has 1 aliphatic rings. The maximum absolute atomic E-state index is 13.9. The minimum atomic E-state index is -0.793. The van der Waals surface area contributed by atoms with Crippen LogP contribution in [0, 0.1) is 11.3 Å². The van der Waals surface area contributed by atoms with Crippen molar-refractivity contribution in [2.45, 2.75) is 52.1 Å². The second-order valence-electron chi connectivity index (χ2n) is 11.1. The fourth-order valence-electron chi connectivity index (χ4n) is 4.97. The first kappa shape index (κ1) is 28.3. The first-order valence-electron chi connectivity index (χ1n) is 13.6. The molecule has 1 fully saturated rings. The molecule has 2 amide bonds. The van der Waals surface area contributed by atoms with E-state index >= 15 is 0 Å². The topological polar surface area (TPSA) is 110 Å². The van der Waals surface area contributed by atoms with E-state index in [1.165, 1.54) is 0 Å². The van der Waals surface area contributed by atoms with Crippen LogP contribution >= 0.6 is 0 Å². The molecule has 9 heteroatoms. The van der Waals surface area contributed by atoms with Crippen LogP contribution in [-0.4, -0.2) is 63.6 Å². The number of likely N-dealkylation sites (tertiary alicyclic amines) is 1. The quantitative estimate of drug-likeness (QED) is 0.412. The molecule has 4 rings (SSSR count). The second-order valence-corrected chi connectivity index (χ2v) is 11.1. The Hall–Kier alpha value is -3.72. The Kier molecular flexibility index (Phi) is 9.35. The van der Waals surface area contributed by atoms with E-state index < -0.39 is 6.04 Å². The summed E-state index contributed by atoms with van der Waals surface area (Å²) in [5.74, 6) is 0.450. The van der Waals surface area contributed by atoms with Crippen molar-refractivity contribution in [1.82, 2.24) is 25.2 Å². The van der Waals surface area contributed by atoms with Crippen LogP contribution in [0.3, 0.4) is 0 Å². The van der Waals surface area contributed by atoms with Crippen molar-refractivity contribution >= 4 is 11.8 Å². The van der Waals surface area contributed by atoms with Crippen LogP contribution in [-0.2, 0) is 17.8 Å². The first-order chi connectivity index (χ1) is 18.8. The van der Waals surface area contributed by atoms with Crippen molar-refractivity contribution in [2.75, 3.05) is 26.8 Å². The summed E-state index contributed by atoms with van der Waals surface area (Å²) < 4.78 is 7.05. The highest BCUT2D eigenvalue weighted by molar-refractivity contribution is 5.98. The number of carbonyl (C=O) groups excluding carboxylic acids is 2. The number of hydrogen-bond acceptors (Lipinski definition) is 6. The summed E-state index contributed by atoms with van der Waals surface area (Å²) in [6.45, 7) is 5.96. The summed E-state index contributed by atoms with van der Waals surface area (Å²) in [6, 6.07) is 15.4. The molecule has 1 aromatic heterocycles. The van der Waals surface area contributed by atoms with E-state index in [4.69, 9.17) is 4.74 Å². The molecule has 39 heavy (non-hydrogen) atoms. The third kappa shape index (κ3) is 7.66. The average molecular weight is 534 g/mol. The van der Waals surface area contributed by atoms with Gasteiger partial charge in [0.15, 0.2) is 0 Å². The van der Waals surface area contributed by atoms with Crippen LogP contribution in [0.1, 0.15) is 60.8 Å². The highest BCUT2D eigenvalue weighted by atomic mass is 16.5. The van der Waals surface area contributed by atoms with Crippen molar-refractivity contribution in [1.29, 1.82) is 0 Å². The maximum Gasteiger partial charge on any atom is 0.252 e. The molecule has 0 spiro atoms. The van der Waals surface area contributed by atoms with Crippen LogP contribution in [0.25, 0.3) is 0 Å². The molecule has 208 valence electrons. The molecule has 1 aliphatic heterocycles. The number of aliphatic hydroxyl groups excluding tert-OH is 1. The molecular formula is C30H39N5O4. The lowest BCUT2D eigenvalue weighted by Gasteiger charge is -2.29. The Morgan fingerprint density at radius 3 is 2.56 bits per heavy atom. The van der Waals surface area contributed by atoms with Gasteiger partial charge in [-0.25, -0.2) is 0 Å². The number of methoxy groups -OCH3 is 1. The van der Waals surface area contributed by atoms with Gasteiger partial charge in [0.25, 0.3) is 5.91 Å². The van der Waals surface area contributed by atoms with Gasteiger partial charge < -0.3 is 20.1 Å². The molecule has 0 bridgehead atoms. The summed E-state index contributed by atoms with van der Waals surface area (Å²) in [4.78, 5) is 29.0. The molecule has 2 atom stereocenters. The van der Waals surface area contributed by atoms with Gasteiger partial charge in [0, 0.05) is 44.4 Å². The molecular weight excluding hydrogens is 494 g/mol. The smallest absolute Gasteiger partial charge is 0.252 e. The zero-order valence-corrected chi connectivity index (χ0v) is 23.0. The molecule has 3 aromatic rings. The Morgan fingerprint density at radius 2 is 1.87 bits per heavy atom. The van der Waals surface area contributed by atoms with E-state index in [0.717, 1.165) is 30.5 Å². The number of nitrogens with zero attached hydrogens (tertiary/aromatic N) is 4. The van der Waals surface area contributed by atoms with Crippen LogP contribution in [0.15, 0.2) is 60.8 Å². The summed E-state index contributed by atoms with van der Waals surface area (Å²) in [5.41, 5.74) is 1.80. The Bertz CT molecular complexity index is 1230. The highest BCUT2D eigenvalue weighted by Crippen LogP contribution is 2.24. The standard InChI is InChI=1S/C30H39N5O4/c1-30(2,21-36)17-25-20-35(33-32-25)19-22-9-7-8-16-34(18-22)29(38)27(23-10-5-4-6-11-23)31-28(37)24-12-14-26(39-3)15-13-24/h4-6,10-15,20,22,27,36H,7-9,16-19,21H2,1-3H3,(H,31,37). The van der Waals surface area contributed by atoms with E-state index in [9.17, 15) is 14.7 Å². The molecule has 0 aliphatic carbocycles. The fourth-order valence-corrected chi connectivity index (χ4v) is 4.97. The Labute approximate surface area is 230 Å². The third-order valence-electron chi connectivity index (χ3n) is 7.21. The van der Waals surface area contributed by atoms with Crippen molar-refractivity contribution in [3.05, 3.63) is 77.6 Å². The predicted molar refractivity (Wildman–Crippen MR) is 148 cm³/mol. The number of nitrogens with one attached hydrogen (secondary N) is 1. The molecule has 1 saturated heterocycles. The van der Waals surface area contributed by atoms with Gasteiger partial charge in [-0.1, -0.05) is 55.8 Å². The average Bonchev–Trinajstić information content (AvgIpc) is 3.24. The Balaban J connectivity index is 1.48. The van der Waals surface area contributed by atoms with Crippen molar-refractivity contribution in [3.8, 4) is 5.75 Å². The number of benzene rings is 2. The number of carbonyl (C=O) groups is 2. The van der Waals surface area contributed by atoms with E-state index in [0.29, 0.717) is 37.4 Å². The van der Waals surface area contributed by atoms with Crippen molar-refractivity contribution in [3.63, 3.8) is 0 Å². The fraction of sp³-hybridized carbons (Fsp3) is 0.467. The Morgan fingerprint density at radius 1 is 1.13 bits per heavy atom. The number of ether oxygens (including phenoxy) is 1. The lowest BCUT2D eigenvalue weighted by atomic mass is 9.89.